The summed E-state index contributed by atoms with van der Waals surface area (Å²) in [4.78, 5) is 18.7. The van der Waals surface area contributed by atoms with Gasteiger partial charge in [-0.2, -0.15) is 0 Å². The van der Waals surface area contributed by atoms with Gasteiger partial charge in [-0.15, -0.1) is 0 Å². The Kier molecular flexibility index (Phi) is 4.93. The Morgan fingerprint density at radius 1 is 1.44 bits per heavy atom. The predicted molar refractivity (Wildman–Crippen MR) is 66.7 cm³/mol. The van der Waals surface area contributed by atoms with E-state index in [1.54, 1.807) is 25.3 Å². The van der Waals surface area contributed by atoms with Crippen molar-refractivity contribution in [2.24, 2.45) is 9.98 Å². The highest BCUT2D eigenvalue weighted by molar-refractivity contribution is 7.45. The van der Waals surface area contributed by atoms with Gasteiger partial charge in [0.25, 0.3) is 0 Å². The van der Waals surface area contributed by atoms with Crippen LogP contribution in [0.15, 0.2) is 34.3 Å². The first-order chi connectivity index (χ1) is 7.59. The average Bonchev–Trinajstić information content (AvgIpc) is 2.26. The molecular formula is C11H12FN2OP. The fourth-order valence-corrected chi connectivity index (χ4v) is 1.01. The van der Waals surface area contributed by atoms with E-state index in [4.69, 9.17) is 0 Å². The Balaban J connectivity index is 2.52. The highest BCUT2D eigenvalue weighted by atomic mass is 31.0. The molecule has 1 atom stereocenters. The maximum absolute atomic E-state index is 12.6. The van der Waals surface area contributed by atoms with Crippen LogP contribution in [-0.4, -0.2) is 24.1 Å². The van der Waals surface area contributed by atoms with Crippen LogP contribution in [0.25, 0.3) is 0 Å². The number of carbonyl (C=O) groups is 1. The average molecular weight is 238 g/mol. The number of carbonyl (C=O) groups excluding carboxylic acids is 1. The topological polar surface area (TPSA) is 41.8 Å². The summed E-state index contributed by atoms with van der Waals surface area (Å²) >= 11 is 0. The van der Waals surface area contributed by atoms with Crippen molar-refractivity contribution < 1.29 is 9.18 Å². The summed E-state index contributed by atoms with van der Waals surface area (Å²) in [6.07, 6.45) is 1.59. The third kappa shape index (κ3) is 4.41. The van der Waals surface area contributed by atoms with Crippen LogP contribution in [0.1, 0.15) is 12.5 Å². The summed E-state index contributed by atoms with van der Waals surface area (Å²) in [6.45, 7) is 1.83. The van der Waals surface area contributed by atoms with Crippen LogP contribution in [0, 0.1) is 5.82 Å². The Hall–Kier alpha value is -1.41. The van der Waals surface area contributed by atoms with Gasteiger partial charge in [-0.25, -0.2) is 4.39 Å². The maximum atomic E-state index is 12.6. The molecule has 1 aromatic rings. The molecule has 0 N–H and O–H groups in total. The van der Waals surface area contributed by atoms with Crippen LogP contribution >= 0.6 is 9.24 Å². The first kappa shape index (κ1) is 12.7. The number of nitrogens with zero attached hydrogens (tertiary/aromatic N) is 2. The van der Waals surface area contributed by atoms with Gasteiger partial charge >= 0.3 is 0 Å². The summed E-state index contributed by atoms with van der Waals surface area (Å²) < 4.78 is 12.6. The van der Waals surface area contributed by atoms with E-state index in [2.05, 4.69) is 9.98 Å². The van der Waals surface area contributed by atoms with E-state index in [0.29, 0.717) is 5.71 Å². The highest BCUT2D eigenvalue weighted by Gasteiger charge is 1.95. The molecule has 0 spiro atoms. The zero-order valence-electron chi connectivity index (χ0n) is 8.85. The summed E-state index contributed by atoms with van der Waals surface area (Å²) in [6, 6.07) is 5.97. The first-order valence-electron chi connectivity index (χ1n) is 4.66. The van der Waals surface area contributed by atoms with Gasteiger partial charge in [0.2, 0.25) is 0 Å². The van der Waals surface area contributed by atoms with E-state index in [1.165, 1.54) is 12.1 Å². The lowest BCUT2D eigenvalue weighted by atomic mass is 10.2. The van der Waals surface area contributed by atoms with Crippen molar-refractivity contribution in [1.82, 2.24) is 0 Å². The lowest BCUT2D eigenvalue weighted by Crippen LogP contribution is -2.01. The Morgan fingerprint density at radius 3 is 2.62 bits per heavy atom. The molecule has 0 aliphatic carbocycles. The van der Waals surface area contributed by atoms with E-state index >= 15 is 0 Å². The second-order valence-electron chi connectivity index (χ2n) is 3.11. The molecule has 1 unspecified atom stereocenters. The van der Waals surface area contributed by atoms with Gasteiger partial charge in [-0.05, 0) is 24.6 Å². The lowest BCUT2D eigenvalue weighted by Gasteiger charge is -1.93. The quantitative estimate of drug-likeness (QED) is 0.584. The molecule has 5 heteroatoms. The van der Waals surface area contributed by atoms with Crippen molar-refractivity contribution in [2.45, 2.75) is 6.92 Å². The minimum absolute atomic E-state index is 0.142. The third-order valence-corrected chi connectivity index (χ3v) is 2.27. The number of benzene rings is 1. The van der Waals surface area contributed by atoms with Gasteiger partial charge in [0.05, 0.1) is 5.71 Å². The maximum Gasteiger partial charge on any atom is 0.191 e. The molecule has 0 aliphatic heterocycles. The predicted octanol–water partition coefficient (Wildman–Crippen LogP) is 2.06. The van der Waals surface area contributed by atoms with E-state index in [-0.39, 0.29) is 18.0 Å². The summed E-state index contributed by atoms with van der Waals surface area (Å²) in [5, 5.41) is 0. The largest absolute Gasteiger partial charge is 0.288 e. The molecule has 0 radical (unpaired) electrons. The van der Waals surface area contributed by atoms with Gasteiger partial charge < -0.3 is 0 Å². The molecule has 1 rings (SSSR count). The van der Waals surface area contributed by atoms with Gasteiger partial charge in [-0.1, -0.05) is 21.4 Å². The van der Waals surface area contributed by atoms with E-state index in [1.807, 2.05) is 9.24 Å². The summed E-state index contributed by atoms with van der Waals surface area (Å²) in [7, 11) is 2.05. The molecule has 0 aliphatic rings. The molecule has 0 heterocycles. The van der Waals surface area contributed by atoms with Crippen molar-refractivity contribution in [1.29, 1.82) is 0 Å². The molecular weight excluding hydrogens is 226 g/mol. The first-order valence-corrected chi connectivity index (χ1v) is 5.23. The SMILES string of the molecule is CC(=NCN=Cc1ccc(F)cc1)C(=O)P. The minimum atomic E-state index is -0.278. The van der Waals surface area contributed by atoms with Crippen LogP contribution in [0.3, 0.4) is 0 Å². The normalized spacial score (nSPS) is 12.1. The number of rotatable bonds is 4. The van der Waals surface area contributed by atoms with Crippen molar-refractivity contribution in [3.8, 4) is 0 Å². The Labute approximate surface area is 95.7 Å². The number of hydrogen-bond donors (Lipinski definition) is 0. The highest BCUT2D eigenvalue weighted by Crippen LogP contribution is 1.99. The third-order valence-electron chi connectivity index (χ3n) is 1.86. The molecule has 0 fully saturated rings. The monoisotopic (exact) mass is 238 g/mol. The summed E-state index contributed by atoms with van der Waals surface area (Å²) in [5.41, 5.74) is 1.07. The van der Waals surface area contributed by atoms with Crippen LogP contribution in [0.2, 0.25) is 0 Å². The zero-order valence-corrected chi connectivity index (χ0v) is 10.0. The summed E-state index contributed by atoms with van der Waals surface area (Å²) in [5.74, 6) is -0.278. The zero-order chi connectivity index (χ0) is 12.0. The second-order valence-corrected chi connectivity index (χ2v) is 3.64. The van der Waals surface area contributed by atoms with Crippen LogP contribution in [0.5, 0.6) is 0 Å². The van der Waals surface area contributed by atoms with Crippen LogP contribution < -0.4 is 0 Å². The lowest BCUT2D eigenvalue weighted by molar-refractivity contribution is -0.105. The molecule has 0 bridgehead atoms. The van der Waals surface area contributed by atoms with Gasteiger partial charge in [0, 0.05) is 6.21 Å². The van der Waals surface area contributed by atoms with Crippen molar-refractivity contribution >= 4 is 26.7 Å². The second kappa shape index (κ2) is 6.23. The van der Waals surface area contributed by atoms with E-state index in [9.17, 15) is 9.18 Å². The van der Waals surface area contributed by atoms with E-state index in [0.717, 1.165) is 5.56 Å². The standard InChI is InChI=1S/C11H12FN2OP/c1-8(11(15)16)14-7-13-6-9-2-4-10(12)5-3-9/h2-6H,7,16H2,1H3. The van der Waals surface area contributed by atoms with Gasteiger partial charge in [-0.3, -0.25) is 14.8 Å². The molecule has 16 heavy (non-hydrogen) atoms. The van der Waals surface area contributed by atoms with Crippen molar-refractivity contribution in [2.75, 3.05) is 6.67 Å². The van der Waals surface area contributed by atoms with Gasteiger partial charge in [0.15, 0.2) is 5.52 Å². The fourth-order valence-electron chi connectivity index (χ4n) is 0.920. The molecule has 1 aromatic carbocycles. The van der Waals surface area contributed by atoms with Crippen molar-refractivity contribution in [3.05, 3.63) is 35.6 Å². The van der Waals surface area contributed by atoms with E-state index < -0.39 is 0 Å². The Morgan fingerprint density at radius 2 is 2.06 bits per heavy atom. The number of aliphatic imine (C=N–C) groups is 2. The van der Waals surface area contributed by atoms with Crippen LogP contribution in [-0.2, 0) is 4.79 Å². The molecule has 0 aromatic heterocycles. The number of halogens is 1. The van der Waals surface area contributed by atoms with Crippen LogP contribution in [0.4, 0.5) is 4.39 Å². The molecule has 0 saturated carbocycles. The Bertz CT molecular complexity index is 426. The molecule has 0 amide bonds. The smallest absolute Gasteiger partial charge is 0.191 e. The van der Waals surface area contributed by atoms with Gasteiger partial charge in [0.1, 0.15) is 12.5 Å². The molecule has 3 nitrogen and oxygen atoms in total. The number of hydrogen-bond acceptors (Lipinski definition) is 3. The fraction of sp³-hybridized carbons (Fsp3) is 0.182. The molecule has 84 valence electrons. The minimum Gasteiger partial charge on any atom is -0.288 e. The van der Waals surface area contributed by atoms with Crippen molar-refractivity contribution in [3.63, 3.8) is 0 Å². The molecule has 0 saturated heterocycles.